The molecular formula is C51H60F2N10O5S2. The Kier molecular flexibility index (Phi) is 16.0. The highest BCUT2D eigenvalue weighted by atomic mass is 32.1. The van der Waals surface area contributed by atoms with Crippen LogP contribution in [0.4, 0.5) is 31.8 Å². The quantitative estimate of drug-likeness (QED) is 0.122. The van der Waals surface area contributed by atoms with E-state index in [4.69, 9.17) is 9.47 Å². The summed E-state index contributed by atoms with van der Waals surface area (Å²) >= 11 is 2.80. The average molecular weight is 995 g/mol. The number of fused-ring (bicyclic) bond motifs is 2. The van der Waals surface area contributed by atoms with Crippen LogP contribution in [0.15, 0.2) is 85.0 Å². The van der Waals surface area contributed by atoms with Crippen LogP contribution in [0.25, 0.3) is 21.8 Å². The number of nitrogens with zero attached hydrogens (tertiary/aromatic N) is 10. The molecule has 3 N–H and O–H groups in total. The number of benzene rings is 3. The Labute approximate surface area is 414 Å². The van der Waals surface area contributed by atoms with E-state index in [2.05, 4.69) is 39.7 Å². The molecule has 8 heterocycles. The molecule has 0 bridgehead atoms. The molecule has 70 heavy (non-hydrogen) atoms. The second kappa shape index (κ2) is 22.7. The molecule has 4 aliphatic rings. The van der Waals surface area contributed by atoms with E-state index in [9.17, 15) is 15.3 Å². The minimum atomic E-state index is -1.22. The van der Waals surface area contributed by atoms with Crippen LogP contribution >= 0.6 is 22.7 Å². The maximum Gasteiger partial charge on any atom is 0.147 e. The third-order valence-corrected chi connectivity index (χ3v) is 15.5. The van der Waals surface area contributed by atoms with Crippen molar-refractivity contribution in [3.05, 3.63) is 117 Å². The molecule has 4 atom stereocenters. The van der Waals surface area contributed by atoms with Gasteiger partial charge in [-0.05, 0) is 55.5 Å². The van der Waals surface area contributed by atoms with Crippen molar-refractivity contribution in [2.24, 2.45) is 11.8 Å². The van der Waals surface area contributed by atoms with Gasteiger partial charge in [-0.25, -0.2) is 38.7 Å². The van der Waals surface area contributed by atoms with Crippen LogP contribution in [0.2, 0.25) is 0 Å². The van der Waals surface area contributed by atoms with Crippen molar-refractivity contribution in [3.8, 4) is 0 Å². The molecule has 4 fully saturated rings. The molecule has 19 heteroatoms. The number of morpholine rings is 2. The maximum absolute atomic E-state index is 15.3. The lowest BCUT2D eigenvalue weighted by Gasteiger charge is -2.42. The van der Waals surface area contributed by atoms with E-state index >= 15 is 8.78 Å². The highest BCUT2D eigenvalue weighted by Gasteiger charge is 2.44. The van der Waals surface area contributed by atoms with Crippen LogP contribution in [0.5, 0.6) is 0 Å². The summed E-state index contributed by atoms with van der Waals surface area (Å²) in [4.78, 5) is 35.7. The first-order valence-electron chi connectivity index (χ1n) is 24.2. The zero-order chi connectivity index (χ0) is 48.6. The summed E-state index contributed by atoms with van der Waals surface area (Å²) in [5, 5.41) is 36.9. The van der Waals surface area contributed by atoms with Crippen LogP contribution in [0.1, 0.15) is 66.1 Å². The molecule has 4 unspecified atom stereocenters. The van der Waals surface area contributed by atoms with Gasteiger partial charge in [0.1, 0.15) is 57.6 Å². The second-order valence-electron chi connectivity index (χ2n) is 17.6. The highest BCUT2D eigenvalue weighted by Crippen LogP contribution is 2.44. The SMILES string of the molecule is CC.OC(c1ccccc1)(c1nccs1)C1CCCN(c2ncnc3cc(N4CCOCC4)c(F)cc23)C1.OCc1cnc(C(O)C2CCCN(c3ncnc4cc(N5CCOCC5)c(F)cc34)C2)s1. The molecule has 0 spiro atoms. The number of anilines is 4. The van der Waals surface area contributed by atoms with Crippen molar-refractivity contribution in [1.82, 2.24) is 29.9 Å². The van der Waals surface area contributed by atoms with Gasteiger partial charge >= 0.3 is 0 Å². The smallest absolute Gasteiger partial charge is 0.147 e. The Hall–Kier alpha value is -5.54. The molecular weight excluding hydrogens is 935 g/mol. The number of ether oxygens (including phenoxy) is 2. The lowest BCUT2D eigenvalue weighted by atomic mass is 9.77. The third-order valence-electron chi connectivity index (χ3n) is 13.5. The Morgan fingerprint density at radius 2 is 1.29 bits per heavy atom. The van der Waals surface area contributed by atoms with Crippen molar-refractivity contribution < 1.29 is 33.6 Å². The van der Waals surface area contributed by atoms with E-state index in [0.717, 1.165) is 49.2 Å². The molecule has 4 aromatic heterocycles. The summed E-state index contributed by atoms with van der Waals surface area (Å²) in [6.45, 7) is 11.6. The highest BCUT2D eigenvalue weighted by molar-refractivity contribution is 7.11. The molecule has 0 radical (unpaired) electrons. The summed E-state index contributed by atoms with van der Waals surface area (Å²) in [7, 11) is 0. The van der Waals surface area contributed by atoms with Gasteiger partial charge in [-0.3, -0.25) is 0 Å². The number of aliphatic hydroxyl groups excluding tert-OH is 2. The predicted octanol–water partition coefficient (Wildman–Crippen LogP) is 7.75. The monoisotopic (exact) mass is 994 g/mol. The standard InChI is InChI=1S/C27H28FN5O2S.C22H26FN5O3S.C2H6/c28-22-15-21-23(16-24(22)32-10-12-35-13-11-32)30-18-31-25(21)33-9-4-7-20(17-33)27(34,26-29-8-14-36-26)19-5-2-1-3-6-19;23-17-8-16-18(9-19(17)27-4-6-31-7-5-27)25-13-26-21(16)28-3-1-2-14(11-28)20(30)22-24-10-15(12-29)32-22;1-2/h1-3,5-6,8,14-16,18,20,34H,4,7,9-13,17H2;8-10,13-14,20,29-30H,1-7,11-12H2;1-2H3. The van der Waals surface area contributed by atoms with Crippen molar-refractivity contribution in [2.45, 2.75) is 57.8 Å². The first-order valence-corrected chi connectivity index (χ1v) is 25.9. The molecule has 3 aromatic carbocycles. The molecule has 11 rings (SSSR count). The van der Waals surface area contributed by atoms with E-state index < -0.39 is 11.7 Å². The van der Waals surface area contributed by atoms with Crippen molar-refractivity contribution in [2.75, 3.05) is 98.4 Å². The van der Waals surface area contributed by atoms with Crippen molar-refractivity contribution >= 4 is 67.5 Å². The molecule has 0 aliphatic carbocycles. The summed E-state index contributed by atoms with van der Waals surface area (Å²) < 4.78 is 41.2. The van der Waals surface area contributed by atoms with Crippen LogP contribution in [-0.2, 0) is 21.7 Å². The average Bonchev–Trinajstić information content (AvgIpc) is 4.16. The van der Waals surface area contributed by atoms with Crippen LogP contribution in [0.3, 0.4) is 0 Å². The topological polar surface area (TPSA) is 169 Å². The third kappa shape index (κ3) is 10.4. The van der Waals surface area contributed by atoms with Gasteiger partial charge in [0.25, 0.3) is 0 Å². The summed E-state index contributed by atoms with van der Waals surface area (Å²) in [6, 6.07) is 16.5. The molecule has 15 nitrogen and oxygen atoms in total. The number of rotatable bonds is 10. The van der Waals surface area contributed by atoms with Crippen LogP contribution in [0, 0.1) is 23.5 Å². The number of halogens is 2. The Morgan fingerprint density at radius 1 is 0.714 bits per heavy atom. The number of aliphatic hydroxyl groups is 3. The summed E-state index contributed by atoms with van der Waals surface area (Å²) in [5.41, 5.74) is 2.12. The molecule has 4 saturated heterocycles. The number of hydrogen-bond acceptors (Lipinski definition) is 17. The maximum atomic E-state index is 15.3. The van der Waals surface area contributed by atoms with Crippen LogP contribution < -0.4 is 19.6 Å². The van der Waals surface area contributed by atoms with Gasteiger partial charge in [-0.1, -0.05) is 44.2 Å². The fourth-order valence-electron chi connectivity index (χ4n) is 10.0. The van der Waals surface area contributed by atoms with Gasteiger partial charge in [0.2, 0.25) is 0 Å². The van der Waals surface area contributed by atoms with Gasteiger partial charge in [-0.2, -0.15) is 0 Å². The summed E-state index contributed by atoms with van der Waals surface area (Å²) in [5.74, 6) is 0.688. The fraction of sp³-hybridized carbons (Fsp3) is 0.451. The van der Waals surface area contributed by atoms with Gasteiger partial charge in [0.15, 0.2) is 0 Å². The first kappa shape index (κ1) is 49.4. The van der Waals surface area contributed by atoms with E-state index in [1.807, 2.05) is 65.4 Å². The zero-order valence-electron chi connectivity index (χ0n) is 39.5. The van der Waals surface area contributed by atoms with Crippen LogP contribution in [-0.4, -0.2) is 124 Å². The minimum absolute atomic E-state index is 0.0241. The Bertz CT molecular complexity index is 2800. The number of hydrogen-bond donors (Lipinski definition) is 3. The Morgan fingerprint density at radius 3 is 1.83 bits per heavy atom. The fourth-order valence-corrected chi connectivity index (χ4v) is 11.7. The van der Waals surface area contributed by atoms with Gasteiger partial charge in [-0.15, -0.1) is 22.7 Å². The number of piperidine rings is 2. The number of thiazole rings is 2. The molecule has 370 valence electrons. The van der Waals surface area contributed by atoms with E-state index in [0.29, 0.717) is 121 Å². The molecule has 0 amide bonds. The van der Waals surface area contributed by atoms with Gasteiger partial charge in [0.05, 0.1) is 60.3 Å². The zero-order valence-corrected chi connectivity index (χ0v) is 41.2. The first-order chi connectivity index (χ1) is 34.3. The summed E-state index contributed by atoms with van der Waals surface area (Å²) in [6.07, 6.45) is 9.19. The Balaban J connectivity index is 0.000000169. The van der Waals surface area contributed by atoms with Gasteiger partial charge < -0.3 is 44.4 Å². The van der Waals surface area contributed by atoms with E-state index in [-0.39, 0.29) is 30.1 Å². The van der Waals surface area contributed by atoms with Gasteiger partial charge in [0, 0.05) is 92.7 Å². The molecule has 4 aliphatic heterocycles. The van der Waals surface area contributed by atoms with Crippen molar-refractivity contribution in [1.29, 1.82) is 0 Å². The lowest BCUT2D eigenvalue weighted by molar-refractivity contribution is 0.00941. The normalized spacial score (nSPS) is 20.0. The minimum Gasteiger partial charge on any atom is -0.391 e. The van der Waals surface area contributed by atoms with E-state index in [1.54, 1.807) is 30.9 Å². The largest absolute Gasteiger partial charge is 0.391 e. The van der Waals surface area contributed by atoms with E-state index in [1.165, 1.54) is 35.1 Å². The lowest BCUT2D eigenvalue weighted by Crippen LogP contribution is -2.47. The predicted molar refractivity (Wildman–Crippen MR) is 271 cm³/mol. The van der Waals surface area contributed by atoms with Crippen molar-refractivity contribution in [3.63, 3.8) is 0 Å². The molecule has 7 aromatic rings. The molecule has 0 saturated carbocycles. The second-order valence-corrected chi connectivity index (χ2v) is 19.6. The number of aromatic nitrogens is 6.